The Morgan fingerprint density at radius 1 is 1.35 bits per heavy atom. The van der Waals surface area contributed by atoms with Crippen LogP contribution in [0.25, 0.3) is 0 Å². The van der Waals surface area contributed by atoms with Gasteiger partial charge in [0.05, 0.1) is 18.4 Å². The van der Waals surface area contributed by atoms with E-state index in [1.807, 2.05) is 13.8 Å². The normalized spacial score (nSPS) is 11.9. The standard InChI is InChI=1S/C14H22N4O2/c1-4-11-12(8-15)14(18-17-13(11)5-2)16-7-6-10(19)9-20-3/h10,19H,4-7,9H2,1-3H3,(H,16,18). The van der Waals surface area contributed by atoms with Gasteiger partial charge in [0.2, 0.25) is 0 Å². The van der Waals surface area contributed by atoms with Crippen molar-refractivity contribution in [3.8, 4) is 6.07 Å². The predicted molar refractivity (Wildman–Crippen MR) is 76.5 cm³/mol. The van der Waals surface area contributed by atoms with E-state index in [9.17, 15) is 10.4 Å². The zero-order valence-corrected chi connectivity index (χ0v) is 12.3. The summed E-state index contributed by atoms with van der Waals surface area (Å²) in [5.74, 6) is 0.492. The van der Waals surface area contributed by atoms with Crippen molar-refractivity contribution in [2.45, 2.75) is 39.2 Å². The van der Waals surface area contributed by atoms with Gasteiger partial charge in [-0.3, -0.25) is 0 Å². The van der Waals surface area contributed by atoms with Crippen molar-refractivity contribution in [3.05, 3.63) is 16.8 Å². The van der Waals surface area contributed by atoms with Gasteiger partial charge in [-0.25, -0.2) is 0 Å². The fourth-order valence-corrected chi connectivity index (χ4v) is 2.05. The van der Waals surface area contributed by atoms with E-state index in [4.69, 9.17) is 4.74 Å². The van der Waals surface area contributed by atoms with Crippen LogP contribution in [-0.4, -0.2) is 41.7 Å². The molecule has 1 rings (SSSR count). The predicted octanol–water partition coefficient (Wildman–Crippen LogP) is 1.28. The fourth-order valence-electron chi connectivity index (χ4n) is 2.05. The lowest BCUT2D eigenvalue weighted by Crippen LogP contribution is -2.19. The summed E-state index contributed by atoms with van der Waals surface area (Å²) in [6.45, 7) is 4.82. The molecule has 1 aromatic rings. The van der Waals surface area contributed by atoms with Gasteiger partial charge in [0, 0.05) is 13.7 Å². The van der Waals surface area contributed by atoms with Crippen molar-refractivity contribution in [2.24, 2.45) is 0 Å². The minimum atomic E-state index is -0.522. The smallest absolute Gasteiger partial charge is 0.166 e. The zero-order valence-electron chi connectivity index (χ0n) is 12.3. The number of ether oxygens (including phenoxy) is 1. The largest absolute Gasteiger partial charge is 0.391 e. The molecule has 0 radical (unpaired) electrons. The van der Waals surface area contributed by atoms with Gasteiger partial charge in [0.15, 0.2) is 5.82 Å². The number of methoxy groups -OCH3 is 1. The van der Waals surface area contributed by atoms with E-state index in [-0.39, 0.29) is 0 Å². The first kappa shape index (κ1) is 16.3. The quantitative estimate of drug-likeness (QED) is 0.744. The Balaban J connectivity index is 2.78. The first-order chi connectivity index (χ1) is 9.67. The van der Waals surface area contributed by atoms with Crippen molar-refractivity contribution in [3.63, 3.8) is 0 Å². The van der Waals surface area contributed by atoms with Crippen LogP contribution < -0.4 is 5.32 Å². The number of nitriles is 1. The summed E-state index contributed by atoms with van der Waals surface area (Å²) in [7, 11) is 1.55. The molecule has 0 spiro atoms. The molecule has 0 bridgehead atoms. The minimum Gasteiger partial charge on any atom is -0.391 e. The molecule has 0 aliphatic heterocycles. The van der Waals surface area contributed by atoms with Gasteiger partial charge in [0.25, 0.3) is 0 Å². The molecule has 0 saturated heterocycles. The average Bonchev–Trinajstić information content (AvgIpc) is 2.46. The Hall–Kier alpha value is -1.71. The molecule has 0 amide bonds. The summed E-state index contributed by atoms with van der Waals surface area (Å²) in [5, 5.41) is 30.2. The molecule has 1 aromatic heterocycles. The lowest BCUT2D eigenvalue weighted by atomic mass is 10.0. The van der Waals surface area contributed by atoms with E-state index in [0.29, 0.717) is 31.0 Å². The number of nitrogens with zero attached hydrogens (tertiary/aromatic N) is 3. The summed E-state index contributed by atoms with van der Waals surface area (Å²) in [5.41, 5.74) is 2.37. The summed E-state index contributed by atoms with van der Waals surface area (Å²) in [4.78, 5) is 0. The molecule has 1 unspecified atom stereocenters. The van der Waals surface area contributed by atoms with Crippen molar-refractivity contribution in [2.75, 3.05) is 25.6 Å². The van der Waals surface area contributed by atoms with Gasteiger partial charge in [-0.15, -0.1) is 5.10 Å². The Morgan fingerprint density at radius 2 is 2.10 bits per heavy atom. The highest BCUT2D eigenvalue weighted by Crippen LogP contribution is 2.19. The molecular formula is C14H22N4O2. The van der Waals surface area contributed by atoms with Crippen LogP contribution in [-0.2, 0) is 17.6 Å². The molecule has 1 atom stereocenters. The summed E-state index contributed by atoms with van der Waals surface area (Å²) >= 11 is 0. The number of anilines is 1. The van der Waals surface area contributed by atoms with Crippen LogP contribution in [0.4, 0.5) is 5.82 Å². The van der Waals surface area contributed by atoms with Crippen LogP contribution in [0.1, 0.15) is 37.1 Å². The highest BCUT2D eigenvalue weighted by Gasteiger charge is 2.14. The number of nitrogens with one attached hydrogen (secondary N) is 1. The highest BCUT2D eigenvalue weighted by molar-refractivity contribution is 5.56. The first-order valence-electron chi connectivity index (χ1n) is 6.87. The molecule has 0 aliphatic carbocycles. The van der Waals surface area contributed by atoms with E-state index >= 15 is 0 Å². The van der Waals surface area contributed by atoms with Gasteiger partial charge in [-0.05, 0) is 24.8 Å². The van der Waals surface area contributed by atoms with Crippen LogP contribution in [0.2, 0.25) is 0 Å². The van der Waals surface area contributed by atoms with Gasteiger partial charge >= 0.3 is 0 Å². The van der Waals surface area contributed by atoms with Crippen LogP contribution in [0.3, 0.4) is 0 Å². The number of aliphatic hydroxyl groups excluding tert-OH is 1. The molecule has 110 valence electrons. The highest BCUT2D eigenvalue weighted by atomic mass is 16.5. The van der Waals surface area contributed by atoms with Gasteiger partial charge < -0.3 is 15.2 Å². The number of rotatable bonds is 8. The van der Waals surface area contributed by atoms with Gasteiger partial charge in [0.1, 0.15) is 11.6 Å². The van der Waals surface area contributed by atoms with Crippen LogP contribution in [0, 0.1) is 11.3 Å². The molecule has 1 heterocycles. The summed E-state index contributed by atoms with van der Waals surface area (Å²) in [6.07, 6.45) is 1.52. The molecule has 0 saturated carbocycles. The molecule has 0 fully saturated rings. The summed E-state index contributed by atoms with van der Waals surface area (Å²) in [6, 6.07) is 2.20. The Labute approximate surface area is 119 Å². The second-order valence-electron chi connectivity index (χ2n) is 4.49. The van der Waals surface area contributed by atoms with E-state index in [1.54, 1.807) is 7.11 Å². The number of aromatic nitrogens is 2. The van der Waals surface area contributed by atoms with Crippen LogP contribution in [0.15, 0.2) is 0 Å². The average molecular weight is 278 g/mol. The lowest BCUT2D eigenvalue weighted by molar-refractivity contribution is 0.0615. The third-order valence-corrected chi connectivity index (χ3v) is 3.09. The molecule has 20 heavy (non-hydrogen) atoms. The number of aryl methyl sites for hydroxylation is 1. The molecule has 6 nitrogen and oxygen atoms in total. The first-order valence-corrected chi connectivity index (χ1v) is 6.87. The van der Waals surface area contributed by atoms with E-state index in [1.165, 1.54) is 0 Å². The molecule has 6 heteroatoms. The van der Waals surface area contributed by atoms with Gasteiger partial charge in [-0.1, -0.05) is 13.8 Å². The third kappa shape index (κ3) is 4.15. The van der Waals surface area contributed by atoms with E-state index in [2.05, 4.69) is 21.6 Å². The number of hydrogen-bond acceptors (Lipinski definition) is 6. The summed E-state index contributed by atoms with van der Waals surface area (Å²) < 4.78 is 4.86. The monoisotopic (exact) mass is 278 g/mol. The third-order valence-electron chi connectivity index (χ3n) is 3.09. The maximum absolute atomic E-state index is 9.57. The SMILES string of the molecule is CCc1nnc(NCCC(O)COC)c(C#N)c1CC. The maximum atomic E-state index is 9.57. The lowest BCUT2D eigenvalue weighted by Gasteiger charge is -2.13. The van der Waals surface area contributed by atoms with Crippen molar-refractivity contribution >= 4 is 5.82 Å². The van der Waals surface area contributed by atoms with Crippen molar-refractivity contribution in [1.82, 2.24) is 10.2 Å². The fraction of sp³-hybridized carbons (Fsp3) is 0.643. The minimum absolute atomic E-state index is 0.299. The molecule has 0 aliphatic rings. The van der Waals surface area contributed by atoms with E-state index < -0.39 is 6.10 Å². The molecular weight excluding hydrogens is 256 g/mol. The Morgan fingerprint density at radius 3 is 2.65 bits per heavy atom. The second-order valence-corrected chi connectivity index (χ2v) is 4.49. The zero-order chi connectivity index (χ0) is 15.0. The van der Waals surface area contributed by atoms with Gasteiger partial charge in [-0.2, -0.15) is 10.4 Å². The number of aliphatic hydroxyl groups is 1. The van der Waals surface area contributed by atoms with Crippen molar-refractivity contribution < 1.29 is 9.84 Å². The van der Waals surface area contributed by atoms with Crippen LogP contribution in [0.5, 0.6) is 0 Å². The second kappa shape index (κ2) is 8.46. The van der Waals surface area contributed by atoms with E-state index in [0.717, 1.165) is 24.1 Å². The molecule has 2 N–H and O–H groups in total. The number of hydrogen-bond donors (Lipinski definition) is 2. The van der Waals surface area contributed by atoms with Crippen LogP contribution >= 0.6 is 0 Å². The Kier molecular flexibility index (Phi) is 6.91. The van der Waals surface area contributed by atoms with Crippen molar-refractivity contribution in [1.29, 1.82) is 5.26 Å². The Bertz CT molecular complexity index is 471. The molecule has 0 aromatic carbocycles. The topological polar surface area (TPSA) is 91.1 Å². The maximum Gasteiger partial charge on any atom is 0.166 e.